The van der Waals surface area contributed by atoms with E-state index >= 15 is 0 Å². The zero-order valence-corrected chi connectivity index (χ0v) is 11.0. The Labute approximate surface area is 104 Å². The van der Waals surface area contributed by atoms with Crippen LogP contribution in [0.4, 0.5) is 0 Å². The molecule has 0 aromatic heterocycles. The summed E-state index contributed by atoms with van der Waals surface area (Å²) in [6.45, 7) is 0. The maximum Gasteiger partial charge on any atom is 0.0572 e. The van der Waals surface area contributed by atoms with E-state index in [0.717, 1.165) is 12.8 Å². The van der Waals surface area contributed by atoms with Gasteiger partial charge in [-0.25, -0.2) is 0 Å². The van der Waals surface area contributed by atoms with Crippen molar-refractivity contribution in [3.8, 4) is 0 Å². The van der Waals surface area contributed by atoms with Gasteiger partial charge in [0.05, 0.1) is 14.2 Å². The van der Waals surface area contributed by atoms with Gasteiger partial charge in [-0.2, -0.15) is 11.0 Å². The lowest BCUT2D eigenvalue weighted by Crippen LogP contribution is -2.46. The highest BCUT2D eigenvalue weighted by molar-refractivity contribution is 5.85. The summed E-state index contributed by atoms with van der Waals surface area (Å²) >= 11 is 0. The first-order valence-corrected chi connectivity index (χ1v) is 4.95. The fourth-order valence-electron chi connectivity index (χ4n) is 1.89. The quantitative estimate of drug-likeness (QED) is 0.598. The number of nitrogens with one attached hydrogen (secondary N) is 2. The van der Waals surface area contributed by atoms with Crippen molar-refractivity contribution in [3.63, 3.8) is 0 Å². The molecule has 0 saturated heterocycles. The number of hydroxylamine groups is 2. The van der Waals surface area contributed by atoms with Crippen LogP contribution in [0.1, 0.15) is 32.1 Å². The van der Waals surface area contributed by atoms with Crippen molar-refractivity contribution in [3.05, 3.63) is 0 Å². The molecule has 2 atom stereocenters. The van der Waals surface area contributed by atoms with Gasteiger partial charge in [0, 0.05) is 12.1 Å². The van der Waals surface area contributed by atoms with Crippen LogP contribution in [0.5, 0.6) is 0 Å². The molecule has 0 aromatic carbocycles. The zero-order chi connectivity index (χ0) is 9.52. The van der Waals surface area contributed by atoms with E-state index < -0.39 is 0 Å². The minimum absolute atomic E-state index is 0. The van der Waals surface area contributed by atoms with Crippen molar-refractivity contribution in [1.82, 2.24) is 11.0 Å². The summed E-state index contributed by atoms with van der Waals surface area (Å²) < 4.78 is 0. The van der Waals surface area contributed by atoms with Crippen molar-refractivity contribution in [2.24, 2.45) is 0 Å². The Bertz CT molecular complexity index is 127. The van der Waals surface area contributed by atoms with Gasteiger partial charge in [-0.05, 0) is 12.8 Å². The van der Waals surface area contributed by atoms with E-state index in [4.69, 9.17) is 9.68 Å². The van der Waals surface area contributed by atoms with Crippen LogP contribution in [0, 0.1) is 0 Å². The van der Waals surface area contributed by atoms with E-state index in [1.54, 1.807) is 14.2 Å². The first-order chi connectivity index (χ1) is 6.38. The maximum atomic E-state index is 4.97. The van der Waals surface area contributed by atoms with Gasteiger partial charge in [0.2, 0.25) is 0 Å². The molecule has 0 amide bonds. The van der Waals surface area contributed by atoms with Crippen LogP contribution in [-0.4, -0.2) is 26.3 Å². The zero-order valence-electron chi connectivity index (χ0n) is 9.32. The second-order valence-electron chi connectivity index (χ2n) is 3.49. The molecule has 0 spiro atoms. The van der Waals surface area contributed by atoms with Crippen LogP contribution in [0.15, 0.2) is 0 Å². The summed E-state index contributed by atoms with van der Waals surface area (Å²) in [4.78, 5) is 9.94. The van der Waals surface area contributed by atoms with Crippen molar-refractivity contribution < 1.29 is 9.68 Å². The predicted molar refractivity (Wildman–Crippen MR) is 65.4 cm³/mol. The highest BCUT2D eigenvalue weighted by Gasteiger charge is 2.23. The van der Waals surface area contributed by atoms with Crippen LogP contribution in [0.2, 0.25) is 0 Å². The summed E-state index contributed by atoms with van der Waals surface area (Å²) in [5.41, 5.74) is 6.03. The molecule has 15 heavy (non-hydrogen) atoms. The minimum Gasteiger partial charge on any atom is -0.305 e. The molecule has 94 valence electrons. The minimum atomic E-state index is 0. The Hall–Kier alpha value is 0.420. The lowest BCUT2D eigenvalue weighted by molar-refractivity contribution is -0.00146. The van der Waals surface area contributed by atoms with Crippen molar-refractivity contribution in [2.75, 3.05) is 14.2 Å². The number of rotatable bonds is 4. The molecule has 1 saturated carbocycles. The van der Waals surface area contributed by atoms with Gasteiger partial charge in [-0.15, -0.1) is 24.8 Å². The molecule has 1 aliphatic rings. The third kappa shape index (κ3) is 6.56. The van der Waals surface area contributed by atoms with Gasteiger partial charge in [-0.3, -0.25) is 0 Å². The second-order valence-corrected chi connectivity index (χ2v) is 3.49. The third-order valence-corrected chi connectivity index (χ3v) is 2.55. The average molecular weight is 261 g/mol. The Morgan fingerprint density at radius 1 is 0.800 bits per heavy atom. The summed E-state index contributed by atoms with van der Waals surface area (Å²) in [5.74, 6) is 0. The highest BCUT2D eigenvalue weighted by atomic mass is 35.5. The monoisotopic (exact) mass is 260 g/mol. The lowest BCUT2D eigenvalue weighted by Gasteiger charge is -2.24. The van der Waals surface area contributed by atoms with Crippen molar-refractivity contribution in [2.45, 2.75) is 44.2 Å². The molecule has 4 nitrogen and oxygen atoms in total. The van der Waals surface area contributed by atoms with E-state index in [9.17, 15) is 0 Å². The lowest BCUT2D eigenvalue weighted by atomic mass is 10.1. The van der Waals surface area contributed by atoms with Crippen molar-refractivity contribution >= 4 is 24.8 Å². The van der Waals surface area contributed by atoms with Gasteiger partial charge in [0.1, 0.15) is 0 Å². The second kappa shape index (κ2) is 10.9. The van der Waals surface area contributed by atoms with Gasteiger partial charge < -0.3 is 9.68 Å². The van der Waals surface area contributed by atoms with E-state index in [-0.39, 0.29) is 24.8 Å². The van der Waals surface area contributed by atoms with E-state index in [1.165, 1.54) is 19.3 Å². The molecule has 2 unspecified atom stereocenters. The standard InChI is InChI=1S/C9H20N2O2.2ClH/c1-12-10-8-6-4-3-5-7-9(8)11-13-2;;/h8-11H,3-7H2,1-2H3;2*1H. The Morgan fingerprint density at radius 2 is 1.20 bits per heavy atom. The van der Waals surface area contributed by atoms with Gasteiger partial charge in [0.25, 0.3) is 0 Å². The van der Waals surface area contributed by atoms with Gasteiger partial charge in [0.15, 0.2) is 0 Å². The van der Waals surface area contributed by atoms with Crippen LogP contribution in [0.25, 0.3) is 0 Å². The fourth-order valence-corrected chi connectivity index (χ4v) is 1.89. The normalized spacial score (nSPS) is 26.0. The fraction of sp³-hybridized carbons (Fsp3) is 1.00. The average Bonchev–Trinajstić information content (AvgIpc) is 2.33. The number of hydrogen-bond donors (Lipinski definition) is 2. The smallest absolute Gasteiger partial charge is 0.0572 e. The topological polar surface area (TPSA) is 42.5 Å². The molecule has 1 rings (SSSR count). The third-order valence-electron chi connectivity index (χ3n) is 2.55. The Kier molecular flexibility index (Phi) is 13.0. The largest absolute Gasteiger partial charge is 0.305 e. The maximum absolute atomic E-state index is 4.97. The molecular formula is C9H22Cl2N2O2. The SMILES string of the molecule is CONC1CCCCCC1NOC.Cl.Cl. The van der Waals surface area contributed by atoms with Crippen LogP contribution in [-0.2, 0) is 9.68 Å². The molecule has 1 fully saturated rings. The molecule has 6 heteroatoms. The van der Waals surface area contributed by atoms with E-state index in [0.29, 0.717) is 12.1 Å². The van der Waals surface area contributed by atoms with Crippen LogP contribution < -0.4 is 11.0 Å². The molecule has 0 aromatic rings. The van der Waals surface area contributed by atoms with Gasteiger partial charge in [-0.1, -0.05) is 19.3 Å². The summed E-state index contributed by atoms with van der Waals surface area (Å²) in [6.07, 6.45) is 6.14. The van der Waals surface area contributed by atoms with Gasteiger partial charge >= 0.3 is 0 Å². The first kappa shape index (κ1) is 17.8. The first-order valence-electron chi connectivity index (χ1n) is 4.95. The number of hydrogen-bond acceptors (Lipinski definition) is 4. The van der Waals surface area contributed by atoms with Crippen LogP contribution in [0.3, 0.4) is 0 Å². The molecule has 0 radical (unpaired) electrons. The highest BCUT2D eigenvalue weighted by Crippen LogP contribution is 2.18. The molecule has 1 aliphatic carbocycles. The van der Waals surface area contributed by atoms with Crippen molar-refractivity contribution in [1.29, 1.82) is 0 Å². The molecule has 0 aliphatic heterocycles. The summed E-state index contributed by atoms with van der Waals surface area (Å²) in [5, 5.41) is 0. The predicted octanol–water partition coefficient (Wildman–Crippen LogP) is 1.83. The molecule has 2 N–H and O–H groups in total. The van der Waals surface area contributed by atoms with E-state index in [2.05, 4.69) is 11.0 Å². The Balaban J connectivity index is 0. The summed E-state index contributed by atoms with van der Waals surface area (Å²) in [7, 11) is 3.32. The van der Waals surface area contributed by atoms with E-state index in [1.807, 2.05) is 0 Å². The molecule has 0 bridgehead atoms. The Morgan fingerprint density at radius 3 is 1.53 bits per heavy atom. The summed E-state index contributed by atoms with van der Waals surface area (Å²) in [6, 6.07) is 0.736. The molecular weight excluding hydrogens is 239 g/mol. The number of halogens is 2. The molecule has 0 heterocycles. The van der Waals surface area contributed by atoms with Crippen LogP contribution >= 0.6 is 24.8 Å².